The Hall–Kier alpha value is -1.67. The first kappa shape index (κ1) is 22.6. The molecule has 2 aromatic rings. The van der Waals surface area contributed by atoms with Gasteiger partial charge < -0.3 is 15.4 Å². The summed E-state index contributed by atoms with van der Waals surface area (Å²) in [5.41, 5.74) is 2.08. The summed E-state index contributed by atoms with van der Waals surface area (Å²) >= 11 is 0. The third kappa shape index (κ3) is 6.74. The van der Waals surface area contributed by atoms with Crippen LogP contribution in [0.1, 0.15) is 37.0 Å². The van der Waals surface area contributed by atoms with Gasteiger partial charge in [0.05, 0.1) is 12.6 Å². The van der Waals surface area contributed by atoms with Crippen molar-refractivity contribution in [3.05, 3.63) is 71.5 Å². The molecule has 2 aromatic carbocycles. The highest BCUT2D eigenvalue weighted by atomic mass is 127. The molecule has 1 aliphatic heterocycles. The van der Waals surface area contributed by atoms with Crippen LogP contribution in [-0.4, -0.2) is 25.7 Å². The normalized spacial score (nSPS) is 19.6. The van der Waals surface area contributed by atoms with Gasteiger partial charge in [-0.25, -0.2) is 9.38 Å². The Bertz CT molecular complexity index is 742. The SMILES string of the molecule is CCNC(=NCc1cccc(F)c1)NCC1CCCOC1c1ccccc1.I. The highest BCUT2D eigenvalue weighted by molar-refractivity contribution is 14.0. The van der Waals surface area contributed by atoms with Crippen molar-refractivity contribution >= 4 is 29.9 Å². The average Bonchev–Trinajstić information content (AvgIpc) is 2.71. The van der Waals surface area contributed by atoms with Crippen LogP contribution < -0.4 is 10.6 Å². The minimum Gasteiger partial charge on any atom is -0.373 e. The van der Waals surface area contributed by atoms with Gasteiger partial charge in [-0.3, -0.25) is 0 Å². The third-order valence-electron chi connectivity index (χ3n) is 4.76. The molecule has 3 rings (SSSR count). The van der Waals surface area contributed by atoms with E-state index in [1.165, 1.54) is 17.7 Å². The maximum absolute atomic E-state index is 13.3. The van der Waals surface area contributed by atoms with E-state index in [0.717, 1.165) is 44.1 Å². The Morgan fingerprint density at radius 3 is 2.71 bits per heavy atom. The van der Waals surface area contributed by atoms with Crippen LogP contribution in [0.15, 0.2) is 59.6 Å². The second-order valence-electron chi connectivity index (χ2n) is 6.81. The number of benzene rings is 2. The minimum atomic E-state index is -0.231. The Morgan fingerprint density at radius 2 is 1.96 bits per heavy atom. The molecule has 0 spiro atoms. The fourth-order valence-corrected chi connectivity index (χ4v) is 3.44. The quantitative estimate of drug-likeness (QED) is 0.347. The largest absolute Gasteiger partial charge is 0.373 e. The lowest BCUT2D eigenvalue weighted by Gasteiger charge is -2.32. The van der Waals surface area contributed by atoms with Crippen molar-refractivity contribution in [2.24, 2.45) is 10.9 Å². The summed E-state index contributed by atoms with van der Waals surface area (Å²) in [6.45, 7) is 4.85. The summed E-state index contributed by atoms with van der Waals surface area (Å²) in [6.07, 6.45) is 2.31. The van der Waals surface area contributed by atoms with Crippen LogP contribution in [0, 0.1) is 11.7 Å². The Balaban J connectivity index is 0.00000280. The summed E-state index contributed by atoms with van der Waals surface area (Å²) in [6, 6.07) is 17.0. The fraction of sp³-hybridized carbons (Fsp3) is 0.409. The molecule has 6 heteroatoms. The van der Waals surface area contributed by atoms with Crippen LogP contribution in [0.25, 0.3) is 0 Å². The molecule has 28 heavy (non-hydrogen) atoms. The van der Waals surface area contributed by atoms with Crippen LogP contribution in [0.2, 0.25) is 0 Å². The highest BCUT2D eigenvalue weighted by Gasteiger charge is 2.27. The van der Waals surface area contributed by atoms with Gasteiger partial charge in [0.15, 0.2) is 5.96 Å². The van der Waals surface area contributed by atoms with Crippen molar-refractivity contribution in [1.82, 2.24) is 10.6 Å². The lowest BCUT2D eigenvalue weighted by atomic mass is 9.89. The summed E-state index contributed by atoms with van der Waals surface area (Å²) in [4.78, 5) is 4.59. The monoisotopic (exact) mass is 497 g/mol. The van der Waals surface area contributed by atoms with E-state index in [1.54, 1.807) is 6.07 Å². The van der Waals surface area contributed by atoms with E-state index in [-0.39, 0.29) is 35.9 Å². The number of guanidine groups is 1. The van der Waals surface area contributed by atoms with E-state index < -0.39 is 0 Å². The molecule has 0 radical (unpaired) electrons. The van der Waals surface area contributed by atoms with E-state index in [2.05, 4.69) is 39.9 Å². The number of nitrogens with one attached hydrogen (secondary N) is 2. The molecule has 4 nitrogen and oxygen atoms in total. The molecule has 152 valence electrons. The number of aliphatic imine (C=N–C) groups is 1. The van der Waals surface area contributed by atoms with Gasteiger partial charge >= 0.3 is 0 Å². The van der Waals surface area contributed by atoms with Crippen molar-refractivity contribution in [3.63, 3.8) is 0 Å². The summed E-state index contributed by atoms with van der Waals surface area (Å²) < 4.78 is 19.4. The van der Waals surface area contributed by atoms with Gasteiger partial charge in [0.1, 0.15) is 5.82 Å². The van der Waals surface area contributed by atoms with Gasteiger partial charge in [0, 0.05) is 25.6 Å². The Kier molecular flexibility index (Phi) is 9.70. The molecule has 1 saturated heterocycles. The number of halogens is 2. The minimum absolute atomic E-state index is 0. The standard InChI is InChI=1S/C22H28FN3O.HI/c1-2-24-22(25-15-17-8-6-12-20(23)14-17)26-16-19-11-7-13-27-21(19)18-9-4-3-5-10-18;/h3-6,8-10,12,14,19,21H,2,7,11,13,15-16H2,1H3,(H2,24,25,26);1H. The zero-order chi connectivity index (χ0) is 18.9. The lowest BCUT2D eigenvalue weighted by Crippen LogP contribution is -2.42. The molecular formula is C22H29FIN3O. The van der Waals surface area contributed by atoms with Crippen molar-refractivity contribution < 1.29 is 9.13 Å². The van der Waals surface area contributed by atoms with E-state index in [9.17, 15) is 4.39 Å². The first-order valence-corrected chi connectivity index (χ1v) is 9.69. The molecular weight excluding hydrogens is 468 g/mol. The predicted octanol–water partition coefficient (Wildman–Crippen LogP) is 4.67. The maximum atomic E-state index is 13.3. The van der Waals surface area contributed by atoms with E-state index in [4.69, 9.17) is 4.74 Å². The van der Waals surface area contributed by atoms with Crippen LogP contribution in [0.5, 0.6) is 0 Å². The smallest absolute Gasteiger partial charge is 0.191 e. The number of nitrogens with zero attached hydrogens (tertiary/aromatic N) is 1. The molecule has 2 unspecified atom stereocenters. The molecule has 0 bridgehead atoms. The fourth-order valence-electron chi connectivity index (χ4n) is 3.44. The Labute approximate surface area is 184 Å². The van der Waals surface area contributed by atoms with Gasteiger partial charge in [0.25, 0.3) is 0 Å². The predicted molar refractivity (Wildman–Crippen MR) is 122 cm³/mol. The summed E-state index contributed by atoms with van der Waals surface area (Å²) in [7, 11) is 0. The van der Waals surface area contributed by atoms with Crippen LogP contribution >= 0.6 is 24.0 Å². The molecule has 1 heterocycles. The zero-order valence-corrected chi connectivity index (χ0v) is 18.6. The molecule has 0 saturated carbocycles. The second-order valence-corrected chi connectivity index (χ2v) is 6.81. The van der Waals surface area contributed by atoms with E-state index in [1.807, 2.05) is 19.1 Å². The van der Waals surface area contributed by atoms with Gasteiger partial charge in [-0.15, -0.1) is 24.0 Å². The molecule has 1 aliphatic rings. The summed E-state index contributed by atoms with van der Waals surface area (Å²) in [5, 5.41) is 6.71. The topological polar surface area (TPSA) is 45.7 Å². The average molecular weight is 497 g/mol. The Morgan fingerprint density at radius 1 is 1.14 bits per heavy atom. The number of ether oxygens (including phenoxy) is 1. The van der Waals surface area contributed by atoms with Gasteiger partial charge in [0.2, 0.25) is 0 Å². The van der Waals surface area contributed by atoms with Crippen LogP contribution in [-0.2, 0) is 11.3 Å². The van der Waals surface area contributed by atoms with Crippen molar-refractivity contribution in [1.29, 1.82) is 0 Å². The number of hydrogen-bond acceptors (Lipinski definition) is 2. The highest BCUT2D eigenvalue weighted by Crippen LogP contribution is 2.33. The molecule has 1 fully saturated rings. The zero-order valence-electron chi connectivity index (χ0n) is 16.2. The van der Waals surface area contributed by atoms with Gasteiger partial charge in [-0.2, -0.15) is 0 Å². The summed E-state index contributed by atoms with van der Waals surface area (Å²) in [5.74, 6) is 0.907. The maximum Gasteiger partial charge on any atom is 0.191 e. The molecule has 2 N–H and O–H groups in total. The van der Waals surface area contributed by atoms with Crippen LogP contribution in [0.4, 0.5) is 4.39 Å². The first-order chi connectivity index (χ1) is 13.3. The van der Waals surface area contributed by atoms with Crippen molar-refractivity contribution in [2.75, 3.05) is 19.7 Å². The number of rotatable bonds is 6. The molecule has 0 amide bonds. The van der Waals surface area contributed by atoms with Crippen molar-refractivity contribution in [3.8, 4) is 0 Å². The first-order valence-electron chi connectivity index (χ1n) is 9.69. The lowest BCUT2D eigenvalue weighted by molar-refractivity contribution is -0.0265. The van der Waals surface area contributed by atoms with Crippen molar-refractivity contribution in [2.45, 2.75) is 32.4 Å². The van der Waals surface area contributed by atoms with E-state index in [0.29, 0.717) is 12.5 Å². The number of hydrogen-bond donors (Lipinski definition) is 2. The van der Waals surface area contributed by atoms with E-state index >= 15 is 0 Å². The van der Waals surface area contributed by atoms with Gasteiger partial charge in [-0.1, -0.05) is 42.5 Å². The molecule has 0 aromatic heterocycles. The second kappa shape index (κ2) is 12.0. The third-order valence-corrected chi connectivity index (χ3v) is 4.76. The van der Waals surface area contributed by atoms with Gasteiger partial charge in [-0.05, 0) is 43.0 Å². The molecule has 2 atom stereocenters. The van der Waals surface area contributed by atoms with Crippen LogP contribution in [0.3, 0.4) is 0 Å². The molecule has 0 aliphatic carbocycles.